The third-order valence-electron chi connectivity index (χ3n) is 4.11. The quantitative estimate of drug-likeness (QED) is 0.420. The van der Waals surface area contributed by atoms with E-state index >= 15 is 0 Å². The number of allylic oxidation sites excluding steroid dienone is 3. The highest BCUT2D eigenvalue weighted by molar-refractivity contribution is 5.41. The lowest BCUT2D eigenvalue weighted by molar-refractivity contribution is 0.0853. The van der Waals surface area contributed by atoms with Crippen molar-refractivity contribution in [2.45, 2.75) is 26.2 Å². The Labute approximate surface area is 152 Å². The molecule has 0 aliphatic rings. The number of hydrogen-bond donors (Lipinski definition) is 0. The van der Waals surface area contributed by atoms with E-state index in [9.17, 15) is 0 Å². The molecule has 140 valence electrons. The van der Waals surface area contributed by atoms with Crippen molar-refractivity contribution >= 4 is 0 Å². The lowest BCUT2D eigenvalue weighted by Crippen LogP contribution is -2.19. The summed E-state index contributed by atoms with van der Waals surface area (Å²) < 4.78 is 21.1. The summed E-state index contributed by atoms with van der Waals surface area (Å²) >= 11 is 0. The van der Waals surface area contributed by atoms with E-state index in [0.29, 0.717) is 33.0 Å². The van der Waals surface area contributed by atoms with Gasteiger partial charge in [-0.2, -0.15) is 0 Å². The Balaban J connectivity index is 2.67. The molecule has 0 saturated heterocycles. The van der Waals surface area contributed by atoms with Crippen LogP contribution in [0, 0.1) is 0 Å². The zero-order chi connectivity index (χ0) is 18.5. The highest BCUT2D eigenvalue weighted by Crippen LogP contribution is 2.33. The zero-order valence-corrected chi connectivity index (χ0v) is 16.2. The molecule has 1 aromatic rings. The summed E-state index contributed by atoms with van der Waals surface area (Å²) in [5, 5.41) is 0. The van der Waals surface area contributed by atoms with E-state index in [1.165, 1.54) is 11.1 Å². The van der Waals surface area contributed by atoms with Gasteiger partial charge in [-0.1, -0.05) is 44.2 Å². The second kappa shape index (κ2) is 11.9. The smallest absolute Gasteiger partial charge is 0.119 e. The minimum atomic E-state index is -0.0944. The minimum Gasteiger partial charge on any atom is -0.491 e. The molecule has 4 heteroatoms. The van der Waals surface area contributed by atoms with Crippen LogP contribution in [-0.4, -0.2) is 47.3 Å². The van der Waals surface area contributed by atoms with E-state index in [0.717, 1.165) is 5.75 Å². The summed E-state index contributed by atoms with van der Waals surface area (Å²) in [4.78, 5) is 0. The fraction of sp³-hybridized carbons (Fsp3) is 0.524. The molecule has 0 saturated carbocycles. The van der Waals surface area contributed by atoms with Gasteiger partial charge in [-0.25, -0.2) is 0 Å². The average molecular weight is 348 g/mol. The van der Waals surface area contributed by atoms with Crippen molar-refractivity contribution in [1.29, 1.82) is 0 Å². The molecule has 0 aliphatic carbocycles. The Kier molecular flexibility index (Phi) is 10.2. The maximum Gasteiger partial charge on any atom is 0.119 e. The van der Waals surface area contributed by atoms with Crippen molar-refractivity contribution in [3.63, 3.8) is 0 Å². The third kappa shape index (κ3) is 7.43. The Morgan fingerprint density at radius 3 is 2.20 bits per heavy atom. The van der Waals surface area contributed by atoms with E-state index in [2.05, 4.69) is 51.1 Å². The van der Waals surface area contributed by atoms with E-state index in [1.807, 2.05) is 12.1 Å². The summed E-state index contributed by atoms with van der Waals surface area (Å²) in [5.41, 5.74) is 2.39. The SMILES string of the molecule is C/C=C(\C=C/COCCOC)C(C)(C)c1ccc(OCCOC)cc1. The third-order valence-corrected chi connectivity index (χ3v) is 4.11. The number of ether oxygens (including phenoxy) is 4. The summed E-state index contributed by atoms with van der Waals surface area (Å²) in [6.45, 7) is 9.48. The first-order valence-electron chi connectivity index (χ1n) is 8.68. The van der Waals surface area contributed by atoms with Crippen LogP contribution in [0.4, 0.5) is 0 Å². The predicted octanol–water partition coefficient (Wildman–Crippen LogP) is 4.15. The van der Waals surface area contributed by atoms with E-state index in [1.54, 1.807) is 14.2 Å². The van der Waals surface area contributed by atoms with Crippen LogP contribution in [0.25, 0.3) is 0 Å². The molecule has 0 aromatic heterocycles. The molecule has 0 amide bonds. The standard InChI is InChI=1S/C21H32O4/c1-6-18(8-7-13-24-16-14-22-4)21(2,3)19-9-11-20(12-10-19)25-17-15-23-5/h6-12H,13-17H2,1-5H3/b8-7-,18-6+. The molecular formula is C21H32O4. The fourth-order valence-corrected chi connectivity index (χ4v) is 2.51. The molecule has 0 atom stereocenters. The van der Waals surface area contributed by atoms with Crippen LogP contribution in [0.3, 0.4) is 0 Å². The molecule has 1 rings (SSSR count). The number of methoxy groups -OCH3 is 2. The molecule has 0 spiro atoms. The van der Waals surface area contributed by atoms with Crippen LogP contribution in [0.15, 0.2) is 48.1 Å². The number of rotatable bonds is 12. The second-order valence-corrected chi connectivity index (χ2v) is 6.20. The average Bonchev–Trinajstić information content (AvgIpc) is 2.61. The van der Waals surface area contributed by atoms with Gasteiger partial charge >= 0.3 is 0 Å². The fourth-order valence-electron chi connectivity index (χ4n) is 2.51. The molecule has 0 aliphatic heterocycles. The van der Waals surface area contributed by atoms with Gasteiger partial charge in [0.2, 0.25) is 0 Å². The van der Waals surface area contributed by atoms with E-state index < -0.39 is 0 Å². The van der Waals surface area contributed by atoms with Gasteiger partial charge in [-0.05, 0) is 30.2 Å². The lowest BCUT2D eigenvalue weighted by atomic mass is 9.77. The van der Waals surface area contributed by atoms with E-state index in [4.69, 9.17) is 18.9 Å². The topological polar surface area (TPSA) is 36.9 Å². The first kappa shape index (κ1) is 21.4. The van der Waals surface area contributed by atoms with Gasteiger partial charge in [0, 0.05) is 19.6 Å². The summed E-state index contributed by atoms with van der Waals surface area (Å²) in [6, 6.07) is 8.26. The molecule has 0 N–H and O–H groups in total. The van der Waals surface area contributed by atoms with Crippen LogP contribution < -0.4 is 4.74 Å². The van der Waals surface area contributed by atoms with Crippen LogP contribution in [-0.2, 0) is 19.6 Å². The lowest BCUT2D eigenvalue weighted by Gasteiger charge is -2.27. The monoisotopic (exact) mass is 348 g/mol. The first-order valence-corrected chi connectivity index (χ1v) is 8.68. The molecule has 0 heterocycles. The highest BCUT2D eigenvalue weighted by atomic mass is 16.5. The Morgan fingerprint density at radius 2 is 1.60 bits per heavy atom. The normalized spacial score (nSPS) is 12.8. The van der Waals surface area contributed by atoms with Crippen molar-refractivity contribution < 1.29 is 18.9 Å². The molecule has 0 fully saturated rings. The van der Waals surface area contributed by atoms with Gasteiger partial charge in [0.15, 0.2) is 0 Å². The van der Waals surface area contributed by atoms with Crippen molar-refractivity contribution in [3.8, 4) is 5.75 Å². The maximum absolute atomic E-state index is 5.63. The van der Waals surface area contributed by atoms with Gasteiger partial charge in [-0.3, -0.25) is 0 Å². The maximum atomic E-state index is 5.63. The molecule has 1 aromatic carbocycles. The van der Waals surface area contributed by atoms with Crippen LogP contribution >= 0.6 is 0 Å². The van der Waals surface area contributed by atoms with Crippen LogP contribution in [0.5, 0.6) is 5.75 Å². The Bertz CT molecular complexity index is 529. The predicted molar refractivity (Wildman–Crippen MR) is 102 cm³/mol. The van der Waals surface area contributed by atoms with Gasteiger partial charge in [0.25, 0.3) is 0 Å². The van der Waals surface area contributed by atoms with Gasteiger partial charge in [-0.15, -0.1) is 0 Å². The summed E-state index contributed by atoms with van der Waals surface area (Å²) in [5.74, 6) is 0.862. The van der Waals surface area contributed by atoms with Crippen molar-refractivity contribution in [2.75, 3.05) is 47.3 Å². The molecular weight excluding hydrogens is 316 g/mol. The molecule has 25 heavy (non-hydrogen) atoms. The first-order chi connectivity index (χ1) is 12.1. The van der Waals surface area contributed by atoms with Crippen molar-refractivity contribution in [2.24, 2.45) is 0 Å². The molecule has 4 nitrogen and oxygen atoms in total. The van der Waals surface area contributed by atoms with Crippen LogP contribution in [0.2, 0.25) is 0 Å². The summed E-state index contributed by atoms with van der Waals surface area (Å²) in [7, 11) is 3.34. The molecule has 0 radical (unpaired) electrons. The largest absolute Gasteiger partial charge is 0.491 e. The molecule has 0 unspecified atom stereocenters. The van der Waals surface area contributed by atoms with Crippen molar-refractivity contribution in [3.05, 3.63) is 53.6 Å². The van der Waals surface area contributed by atoms with Gasteiger partial charge in [0.05, 0.1) is 26.4 Å². The molecule has 0 bridgehead atoms. The van der Waals surface area contributed by atoms with Gasteiger partial charge < -0.3 is 18.9 Å². The Morgan fingerprint density at radius 1 is 0.960 bits per heavy atom. The van der Waals surface area contributed by atoms with Gasteiger partial charge in [0.1, 0.15) is 12.4 Å². The number of hydrogen-bond acceptors (Lipinski definition) is 4. The highest BCUT2D eigenvalue weighted by Gasteiger charge is 2.23. The van der Waals surface area contributed by atoms with Crippen LogP contribution in [0.1, 0.15) is 26.3 Å². The summed E-state index contributed by atoms with van der Waals surface area (Å²) in [6.07, 6.45) is 6.33. The zero-order valence-electron chi connectivity index (χ0n) is 16.2. The van der Waals surface area contributed by atoms with Crippen molar-refractivity contribution in [1.82, 2.24) is 0 Å². The minimum absolute atomic E-state index is 0.0944. The Hall–Kier alpha value is -1.62. The second-order valence-electron chi connectivity index (χ2n) is 6.20. The number of benzene rings is 1. The van der Waals surface area contributed by atoms with E-state index in [-0.39, 0.29) is 5.41 Å².